The molecule has 0 amide bonds. The maximum atomic E-state index is 5.21. The molecule has 0 aliphatic carbocycles. The van der Waals surface area contributed by atoms with Crippen molar-refractivity contribution in [3.05, 3.63) is 18.6 Å². The van der Waals surface area contributed by atoms with Crippen LogP contribution in [-0.4, -0.2) is 39.5 Å². The summed E-state index contributed by atoms with van der Waals surface area (Å²) in [6.45, 7) is 0. The fraction of sp³-hybridized carbons (Fsp3) is 0. The number of nitrogen functional groups attached to an aromatic ring is 1. The number of nitrogens with zero attached hydrogens (tertiary/aromatic N) is 2. The number of aromatic nitrogens is 2. The van der Waals surface area contributed by atoms with E-state index in [1.54, 1.807) is 12.3 Å². The molecule has 0 atom stereocenters. The van der Waals surface area contributed by atoms with Gasteiger partial charge in [-0.2, -0.15) is 0 Å². The summed E-state index contributed by atoms with van der Waals surface area (Å²) in [6.07, 6.45) is 3.01. The van der Waals surface area contributed by atoms with Crippen molar-refractivity contribution in [2.75, 3.05) is 5.73 Å². The van der Waals surface area contributed by atoms with Crippen LogP contribution in [0.1, 0.15) is 0 Å². The first-order valence-electron chi connectivity index (χ1n) is 1.91. The number of nitrogens with two attached hydrogens (primary N) is 1. The maximum Gasteiger partial charge on any atom is 0.126 e. The van der Waals surface area contributed by atoms with Gasteiger partial charge in [-0.1, -0.05) is 0 Å². The van der Waals surface area contributed by atoms with E-state index < -0.39 is 0 Å². The second-order valence-corrected chi connectivity index (χ2v) is 1.13. The Labute approximate surface area is 69.6 Å². The van der Waals surface area contributed by atoms with Gasteiger partial charge in [-0.25, -0.2) is 9.97 Å². The van der Waals surface area contributed by atoms with Gasteiger partial charge in [0.2, 0.25) is 0 Å². The molecule has 0 aliphatic rings. The molecule has 0 bridgehead atoms. The standard InChI is InChI=1S/C4H5N3.Na/c5-4-1-2-6-3-7-4;/h1-3H,(H2,5,6,7);. The maximum absolute atomic E-state index is 5.21. The number of hydrogen-bond donors (Lipinski definition) is 1. The zero-order valence-electron chi connectivity index (χ0n) is 4.70. The SMILES string of the molecule is Nc1ccncn1.[Na]. The topological polar surface area (TPSA) is 51.8 Å². The van der Waals surface area contributed by atoms with E-state index in [1.807, 2.05) is 0 Å². The molecule has 1 aromatic rings. The fourth-order valence-electron chi connectivity index (χ4n) is 0.301. The molecular weight excluding hydrogens is 113 g/mol. The van der Waals surface area contributed by atoms with Crippen molar-refractivity contribution in [1.82, 2.24) is 9.97 Å². The number of hydrogen-bond acceptors (Lipinski definition) is 3. The quantitative estimate of drug-likeness (QED) is 0.475. The normalized spacial score (nSPS) is 7.50. The fourth-order valence-corrected chi connectivity index (χ4v) is 0.301. The summed E-state index contributed by atoms with van der Waals surface area (Å²) in [4.78, 5) is 7.30. The van der Waals surface area contributed by atoms with Crippen molar-refractivity contribution >= 4 is 35.4 Å². The molecule has 4 heteroatoms. The van der Waals surface area contributed by atoms with Gasteiger partial charge in [-0.05, 0) is 6.07 Å². The first-order valence-corrected chi connectivity index (χ1v) is 1.91. The van der Waals surface area contributed by atoms with Crippen LogP contribution in [0.2, 0.25) is 0 Å². The third-order valence-corrected chi connectivity index (χ3v) is 0.605. The van der Waals surface area contributed by atoms with Crippen LogP contribution in [0.3, 0.4) is 0 Å². The summed E-state index contributed by atoms with van der Waals surface area (Å²) in [7, 11) is 0. The van der Waals surface area contributed by atoms with Crippen LogP contribution in [0.4, 0.5) is 5.82 Å². The van der Waals surface area contributed by atoms with Crippen LogP contribution in [0.15, 0.2) is 18.6 Å². The molecule has 0 aromatic carbocycles. The Hall–Kier alpha value is -0.120. The van der Waals surface area contributed by atoms with Crippen molar-refractivity contribution in [3.63, 3.8) is 0 Å². The first-order chi connectivity index (χ1) is 3.39. The average Bonchev–Trinajstić information content (AvgIpc) is 1.69. The molecule has 0 unspecified atom stereocenters. The summed E-state index contributed by atoms with van der Waals surface area (Å²) >= 11 is 0. The third-order valence-electron chi connectivity index (χ3n) is 0.605. The summed E-state index contributed by atoms with van der Waals surface area (Å²) in [5.74, 6) is 0.509. The Kier molecular flexibility index (Phi) is 3.77. The summed E-state index contributed by atoms with van der Waals surface area (Å²) in [6, 6.07) is 1.64. The van der Waals surface area contributed by atoms with Gasteiger partial charge in [-0.15, -0.1) is 0 Å². The van der Waals surface area contributed by atoms with Gasteiger partial charge in [0.15, 0.2) is 0 Å². The first kappa shape index (κ1) is 7.88. The van der Waals surface area contributed by atoms with E-state index in [2.05, 4.69) is 9.97 Å². The molecular formula is C4H5N3Na. The van der Waals surface area contributed by atoms with Gasteiger partial charge in [-0.3, -0.25) is 0 Å². The second kappa shape index (κ2) is 3.83. The molecule has 37 valence electrons. The minimum absolute atomic E-state index is 0. The molecule has 2 N–H and O–H groups in total. The predicted molar refractivity (Wildman–Crippen MR) is 32.2 cm³/mol. The molecule has 0 saturated heterocycles. The Bertz CT molecular complexity index is 141. The van der Waals surface area contributed by atoms with Crippen LogP contribution in [0, 0.1) is 0 Å². The van der Waals surface area contributed by atoms with Gasteiger partial charge in [0.25, 0.3) is 0 Å². The molecule has 3 nitrogen and oxygen atoms in total. The molecule has 1 radical (unpaired) electrons. The van der Waals surface area contributed by atoms with E-state index in [4.69, 9.17) is 5.73 Å². The molecule has 8 heavy (non-hydrogen) atoms. The zero-order chi connectivity index (χ0) is 5.11. The summed E-state index contributed by atoms with van der Waals surface area (Å²) in [5.41, 5.74) is 5.21. The van der Waals surface area contributed by atoms with Gasteiger partial charge >= 0.3 is 0 Å². The van der Waals surface area contributed by atoms with Crippen molar-refractivity contribution in [2.45, 2.75) is 0 Å². The Balaban J connectivity index is 0.000000490. The summed E-state index contributed by atoms with van der Waals surface area (Å²) in [5, 5.41) is 0. The van der Waals surface area contributed by atoms with Crippen molar-refractivity contribution in [1.29, 1.82) is 0 Å². The van der Waals surface area contributed by atoms with Crippen LogP contribution in [0.5, 0.6) is 0 Å². The molecule has 0 saturated carbocycles. The minimum atomic E-state index is 0. The van der Waals surface area contributed by atoms with E-state index in [-0.39, 0.29) is 29.6 Å². The van der Waals surface area contributed by atoms with Gasteiger partial charge in [0, 0.05) is 35.8 Å². The molecule has 0 aliphatic heterocycles. The van der Waals surface area contributed by atoms with Crippen molar-refractivity contribution < 1.29 is 0 Å². The predicted octanol–water partition coefficient (Wildman–Crippen LogP) is -0.322. The molecule has 0 spiro atoms. The smallest absolute Gasteiger partial charge is 0.126 e. The molecule has 1 heterocycles. The largest absolute Gasteiger partial charge is 0.384 e. The Morgan fingerprint density at radius 1 is 1.50 bits per heavy atom. The number of rotatable bonds is 0. The molecule has 1 rings (SSSR count). The zero-order valence-corrected chi connectivity index (χ0v) is 6.70. The van der Waals surface area contributed by atoms with E-state index >= 15 is 0 Å². The van der Waals surface area contributed by atoms with E-state index in [1.165, 1.54) is 6.33 Å². The van der Waals surface area contributed by atoms with Gasteiger partial charge < -0.3 is 5.73 Å². The van der Waals surface area contributed by atoms with Crippen molar-refractivity contribution in [3.8, 4) is 0 Å². The van der Waals surface area contributed by atoms with Crippen LogP contribution in [-0.2, 0) is 0 Å². The average molecular weight is 118 g/mol. The second-order valence-electron chi connectivity index (χ2n) is 1.13. The van der Waals surface area contributed by atoms with Gasteiger partial charge in [0.1, 0.15) is 12.1 Å². The van der Waals surface area contributed by atoms with Crippen LogP contribution in [0.25, 0.3) is 0 Å². The monoisotopic (exact) mass is 118 g/mol. The molecule has 1 aromatic heterocycles. The number of anilines is 1. The Morgan fingerprint density at radius 3 is 2.50 bits per heavy atom. The minimum Gasteiger partial charge on any atom is -0.384 e. The van der Waals surface area contributed by atoms with E-state index in [9.17, 15) is 0 Å². The molecule has 0 fully saturated rings. The third kappa shape index (κ3) is 2.26. The van der Waals surface area contributed by atoms with Gasteiger partial charge in [0.05, 0.1) is 0 Å². The van der Waals surface area contributed by atoms with Crippen LogP contribution >= 0.6 is 0 Å². The van der Waals surface area contributed by atoms with Crippen molar-refractivity contribution in [2.24, 2.45) is 0 Å². The summed E-state index contributed by atoms with van der Waals surface area (Å²) < 4.78 is 0. The van der Waals surface area contributed by atoms with E-state index in [0.29, 0.717) is 5.82 Å². The van der Waals surface area contributed by atoms with E-state index in [0.717, 1.165) is 0 Å². The van der Waals surface area contributed by atoms with Crippen LogP contribution < -0.4 is 5.73 Å². The Morgan fingerprint density at radius 2 is 2.25 bits per heavy atom.